The van der Waals surface area contributed by atoms with Crippen LogP contribution in [0.3, 0.4) is 0 Å². The van der Waals surface area contributed by atoms with E-state index in [4.69, 9.17) is 9.47 Å². The molecule has 148 valence electrons. The van der Waals surface area contributed by atoms with Gasteiger partial charge in [0.2, 0.25) is 5.91 Å². The molecule has 2 N–H and O–H groups in total. The van der Waals surface area contributed by atoms with Gasteiger partial charge in [0.25, 0.3) is 5.91 Å². The third-order valence-corrected chi connectivity index (χ3v) is 3.92. The van der Waals surface area contributed by atoms with Crippen molar-refractivity contribution in [2.45, 2.75) is 13.3 Å². The highest BCUT2D eigenvalue weighted by atomic mass is 16.5. The maximum atomic E-state index is 12.1. The molecule has 0 bridgehead atoms. The summed E-state index contributed by atoms with van der Waals surface area (Å²) in [6.45, 7) is 1.64. The maximum absolute atomic E-state index is 12.1. The Morgan fingerprint density at radius 3 is 1.97 bits per heavy atom. The van der Waals surface area contributed by atoms with Gasteiger partial charge in [-0.3, -0.25) is 9.59 Å². The van der Waals surface area contributed by atoms with E-state index in [-0.39, 0.29) is 18.4 Å². The van der Waals surface area contributed by atoms with Crippen molar-refractivity contribution in [3.63, 3.8) is 0 Å². The SMILES string of the molecule is CCC(=O)Nc1cccc(NC(=O)COc2ccc(Oc3ccccc3)cc2)c1. The Bertz CT molecular complexity index is 956. The molecule has 0 radical (unpaired) electrons. The second-order valence-corrected chi connectivity index (χ2v) is 6.21. The van der Waals surface area contributed by atoms with Gasteiger partial charge in [0, 0.05) is 17.8 Å². The number of amides is 2. The summed E-state index contributed by atoms with van der Waals surface area (Å²) in [5.41, 5.74) is 1.21. The van der Waals surface area contributed by atoms with E-state index in [2.05, 4.69) is 10.6 Å². The Morgan fingerprint density at radius 2 is 1.31 bits per heavy atom. The van der Waals surface area contributed by atoms with Gasteiger partial charge in [-0.25, -0.2) is 0 Å². The molecular weight excluding hydrogens is 368 g/mol. The lowest BCUT2D eigenvalue weighted by Crippen LogP contribution is -2.20. The summed E-state index contributed by atoms with van der Waals surface area (Å²) in [5.74, 6) is 1.60. The summed E-state index contributed by atoms with van der Waals surface area (Å²) in [6, 6.07) is 23.5. The molecule has 0 aliphatic rings. The lowest BCUT2D eigenvalue weighted by atomic mass is 10.2. The quantitative estimate of drug-likeness (QED) is 0.577. The Balaban J connectivity index is 1.49. The van der Waals surface area contributed by atoms with E-state index in [0.29, 0.717) is 29.3 Å². The highest BCUT2D eigenvalue weighted by Crippen LogP contribution is 2.23. The van der Waals surface area contributed by atoms with Crippen molar-refractivity contribution in [1.82, 2.24) is 0 Å². The van der Waals surface area contributed by atoms with E-state index in [1.54, 1.807) is 55.5 Å². The zero-order valence-electron chi connectivity index (χ0n) is 16.1. The molecule has 0 heterocycles. The van der Waals surface area contributed by atoms with E-state index in [0.717, 1.165) is 5.75 Å². The second-order valence-electron chi connectivity index (χ2n) is 6.21. The average Bonchev–Trinajstić information content (AvgIpc) is 2.74. The fraction of sp³-hybridized carbons (Fsp3) is 0.130. The summed E-state index contributed by atoms with van der Waals surface area (Å²) in [6.07, 6.45) is 0.388. The Kier molecular flexibility index (Phi) is 6.84. The van der Waals surface area contributed by atoms with E-state index in [1.165, 1.54) is 0 Å². The van der Waals surface area contributed by atoms with Crippen LogP contribution in [0.1, 0.15) is 13.3 Å². The van der Waals surface area contributed by atoms with Crippen molar-refractivity contribution in [3.05, 3.63) is 78.9 Å². The van der Waals surface area contributed by atoms with Gasteiger partial charge in [-0.15, -0.1) is 0 Å². The fourth-order valence-corrected chi connectivity index (χ4v) is 2.50. The number of hydrogen-bond donors (Lipinski definition) is 2. The average molecular weight is 390 g/mol. The summed E-state index contributed by atoms with van der Waals surface area (Å²) in [7, 11) is 0. The molecule has 0 saturated carbocycles. The highest BCUT2D eigenvalue weighted by molar-refractivity contribution is 5.94. The van der Waals surface area contributed by atoms with Gasteiger partial charge in [-0.05, 0) is 54.6 Å². The van der Waals surface area contributed by atoms with Crippen LogP contribution in [0.15, 0.2) is 78.9 Å². The number of rotatable bonds is 8. The van der Waals surface area contributed by atoms with E-state index in [9.17, 15) is 9.59 Å². The molecule has 3 aromatic carbocycles. The Hall–Kier alpha value is -3.80. The van der Waals surface area contributed by atoms with Crippen molar-refractivity contribution in [1.29, 1.82) is 0 Å². The van der Waals surface area contributed by atoms with Crippen molar-refractivity contribution in [2.24, 2.45) is 0 Å². The molecule has 0 aromatic heterocycles. The first-order valence-corrected chi connectivity index (χ1v) is 9.28. The number of carbonyl (C=O) groups excluding carboxylic acids is 2. The van der Waals surface area contributed by atoms with Crippen molar-refractivity contribution < 1.29 is 19.1 Å². The van der Waals surface area contributed by atoms with Gasteiger partial charge >= 0.3 is 0 Å². The van der Waals surface area contributed by atoms with Crippen molar-refractivity contribution >= 4 is 23.2 Å². The molecule has 3 rings (SSSR count). The second kappa shape index (κ2) is 9.94. The highest BCUT2D eigenvalue weighted by Gasteiger charge is 2.06. The molecule has 6 heteroatoms. The Morgan fingerprint density at radius 1 is 0.724 bits per heavy atom. The van der Waals surface area contributed by atoms with E-state index in [1.807, 2.05) is 30.3 Å². The van der Waals surface area contributed by atoms with Crippen LogP contribution in [0, 0.1) is 0 Å². The van der Waals surface area contributed by atoms with Gasteiger partial charge in [0.15, 0.2) is 6.61 Å². The Labute approximate surface area is 169 Å². The first-order chi connectivity index (χ1) is 14.1. The maximum Gasteiger partial charge on any atom is 0.262 e. The molecule has 2 amide bonds. The lowest BCUT2D eigenvalue weighted by Gasteiger charge is -2.10. The van der Waals surface area contributed by atoms with Gasteiger partial charge in [0.1, 0.15) is 17.2 Å². The van der Waals surface area contributed by atoms with E-state index >= 15 is 0 Å². The molecule has 0 saturated heterocycles. The molecule has 0 spiro atoms. The molecule has 3 aromatic rings. The van der Waals surface area contributed by atoms with Gasteiger partial charge in [-0.1, -0.05) is 31.2 Å². The topological polar surface area (TPSA) is 76.7 Å². The molecule has 0 unspecified atom stereocenters. The first kappa shape index (κ1) is 19.9. The first-order valence-electron chi connectivity index (χ1n) is 9.28. The zero-order valence-corrected chi connectivity index (χ0v) is 16.1. The number of anilines is 2. The zero-order chi connectivity index (χ0) is 20.5. The minimum atomic E-state index is -0.298. The smallest absolute Gasteiger partial charge is 0.262 e. The molecule has 29 heavy (non-hydrogen) atoms. The van der Waals surface area contributed by atoms with Crippen LogP contribution in [0.5, 0.6) is 17.2 Å². The minimum absolute atomic E-state index is 0.0866. The summed E-state index contributed by atoms with van der Waals surface area (Å²) in [5, 5.41) is 5.50. The molecule has 6 nitrogen and oxygen atoms in total. The number of carbonyl (C=O) groups is 2. The molecular formula is C23H22N2O4. The molecule has 0 aliphatic carbocycles. The summed E-state index contributed by atoms with van der Waals surface area (Å²) in [4.78, 5) is 23.6. The third-order valence-electron chi connectivity index (χ3n) is 3.92. The number of benzene rings is 3. The van der Waals surface area contributed by atoms with Crippen molar-refractivity contribution in [3.8, 4) is 17.2 Å². The summed E-state index contributed by atoms with van der Waals surface area (Å²) < 4.78 is 11.2. The minimum Gasteiger partial charge on any atom is -0.484 e. The van der Waals surface area contributed by atoms with Crippen LogP contribution in [0.2, 0.25) is 0 Å². The molecule has 0 fully saturated rings. The fourth-order valence-electron chi connectivity index (χ4n) is 2.50. The number of nitrogens with one attached hydrogen (secondary N) is 2. The van der Waals surface area contributed by atoms with Crippen LogP contribution in [-0.4, -0.2) is 18.4 Å². The van der Waals surface area contributed by atoms with Crippen LogP contribution in [-0.2, 0) is 9.59 Å². The van der Waals surface area contributed by atoms with Crippen LogP contribution < -0.4 is 20.1 Å². The number of hydrogen-bond acceptors (Lipinski definition) is 4. The largest absolute Gasteiger partial charge is 0.484 e. The summed E-state index contributed by atoms with van der Waals surface area (Å²) >= 11 is 0. The van der Waals surface area contributed by atoms with E-state index < -0.39 is 0 Å². The van der Waals surface area contributed by atoms with Crippen molar-refractivity contribution in [2.75, 3.05) is 17.2 Å². The normalized spacial score (nSPS) is 10.1. The monoisotopic (exact) mass is 390 g/mol. The lowest BCUT2D eigenvalue weighted by molar-refractivity contribution is -0.118. The predicted molar refractivity (Wildman–Crippen MR) is 112 cm³/mol. The van der Waals surface area contributed by atoms with Crippen LogP contribution >= 0.6 is 0 Å². The standard InChI is InChI=1S/C23H22N2O4/c1-2-22(26)24-17-7-6-8-18(15-17)25-23(27)16-28-19-11-13-21(14-12-19)29-20-9-4-3-5-10-20/h3-15H,2,16H2,1H3,(H,24,26)(H,25,27). The number of ether oxygens (including phenoxy) is 2. The predicted octanol–water partition coefficient (Wildman–Crippen LogP) is 4.84. The molecule has 0 atom stereocenters. The van der Waals surface area contributed by atoms with Gasteiger partial charge in [0.05, 0.1) is 0 Å². The molecule has 0 aliphatic heterocycles. The number of para-hydroxylation sites is 1. The van der Waals surface area contributed by atoms with Gasteiger partial charge < -0.3 is 20.1 Å². The van der Waals surface area contributed by atoms with Crippen LogP contribution in [0.4, 0.5) is 11.4 Å². The third kappa shape index (κ3) is 6.39. The van der Waals surface area contributed by atoms with Gasteiger partial charge in [-0.2, -0.15) is 0 Å². The van der Waals surface area contributed by atoms with Crippen LogP contribution in [0.25, 0.3) is 0 Å².